The molecule has 2 atom stereocenters. The Hall–Kier alpha value is -1.66. The number of hydrogen-bond donors (Lipinski definition) is 3. The van der Waals surface area contributed by atoms with Crippen molar-refractivity contribution in [1.82, 2.24) is 5.32 Å². The van der Waals surface area contributed by atoms with Crippen LogP contribution in [-0.2, 0) is 14.3 Å². The Balaban J connectivity index is 3.50. The van der Waals surface area contributed by atoms with Crippen molar-refractivity contribution in [2.75, 3.05) is 13.2 Å². The number of rotatable bonds is 50. The average molecular weight is 860 g/mol. The summed E-state index contributed by atoms with van der Waals surface area (Å²) in [6, 6.07) is -0.642. The lowest BCUT2D eigenvalue weighted by molar-refractivity contribution is -0.143. The number of aliphatic hydroxyl groups excluding tert-OH is 2. The SMILES string of the molecule is CCCCCCCCC/C=C\CCCCCCCC(=O)OCCCCCCCCCCCCCC(=O)NC(CO)C(O)/C=C/CCCCCCCCCCCCCCCCC. The number of aliphatic hydroxyl groups is 2. The molecular weight excluding hydrogens is 755 g/mol. The van der Waals surface area contributed by atoms with Gasteiger partial charge in [0.05, 0.1) is 25.4 Å². The Bertz CT molecular complexity index is 951. The van der Waals surface area contributed by atoms with E-state index in [-0.39, 0.29) is 18.5 Å². The van der Waals surface area contributed by atoms with Crippen LogP contribution in [0.25, 0.3) is 0 Å². The van der Waals surface area contributed by atoms with Crippen molar-refractivity contribution in [3.8, 4) is 0 Å². The van der Waals surface area contributed by atoms with Crippen LogP contribution in [-0.4, -0.2) is 47.4 Å². The first-order chi connectivity index (χ1) is 30.0. The lowest BCUT2D eigenvalue weighted by Crippen LogP contribution is -2.45. The van der Waals surface area contributed by atoms with Gasteiger partial charge in [-0.2, -0.15) is 0 Å². The summed E-state index contributed by atoms with van der Waals surface area (Å²) in [5.74, 6) is -0.108. The predicted octanol–water partition coefficient (Wildman–Crippen LogP) is 16.3. The number of nitrogens with one attached hydrogen (secondary N) is 1. The normalized spacial score (nSPS) is 12.8. The summed E-state index contributed by atoms with van der Waals surface area (Å²) < 4.78 is 5.46. The summed E-state index contributed by atoms with van der Waals surface area (Å²) in [6.07, 6.45) is 60.3. The number of ether oxygens (including phenoxy) is 1. The molecule has 360 valence electrons. The summed E-state index contributed by atoms with van der Waals surface area (Å²) in [7, 11) is 0. The molecule has 0 heterocycles. The molecule has 2 unspecified atom stereocenters. The van der Waals surface area contributed by atoms with Gasteiger partial charge in [-0.1, -0.05) is 244 Å². The van der Waals surface area contributed by atoms with Gasteiger partial charge in [0, 0.05) is 12.8 Å². The molecular formula is C55H105NO5. The first kappa shape index (κ1) is 59.3. The zero-order valence-corrected chi connectivity index (χ0v) is 40.9. The first-order valence-electron chi connectivity index (χ1n) is 27.1. The molecule has 6 nitrogen and oxygen atoms in total. The fourth-order valence-electron chi connectivity index (χ4n) is 8.27. The average Bonchev–Trinajstić information content (AvgIpc) is 3.26. The topological polar surface area (TPSA) is 95.9 Å². The van der Waals surface area contributed by atoms with Crippen molar-refractivity contribution in [1.29, 1.82) is 0 Å². The molecule has 0 radical (unpaired) electrons. The van der Waals surface area contributed by atoms with E-state index < -0.39 is 12.1 Å². The molecule has 0 bridgehead atoms. The first-order valence-corrected chi connectivity index (χ1v) is 27.1. The lowest BCUT2D eigenvalue weighted by atomic mass is 10.0. The molecule has 1 amide bonds. The molecule has 0 aliphatic heterocycles. The molecule has 3 N–H and O–H groups in total. The van der Waals surface area contributed by atoms with Gasteiger partial charge in [-0.25, -0.2) is 0 Å². The number of carbonyl (C=O) groups is 2. The van der Waals surface area contributed by atoms with Gasteiger partial charge in [-0.3, -0.25) is 9.59 Å². The minimum Gasteiger partial charge on any atom is -0.466 e. The van der Waals surface area contributed by atoms with Crippen molar-refractivity contribution in [2.24, 2.45) is 0 Å². The highest BCUT2D eigenvalue weighted by Gasteiger charge is 2.18. The summed E-state index contributed by atoms with van der Waals surface area (Å²) in [6.45, 7) is 4.86. The van der Waals surface area contributed by atoms with E-state index in [9.17, 15) is 19.8 Å². The number of esters is 1. The molecule has 0 aliphatic carbocycles. The van der Waals surface area contributed by atoms with Gasteiger partial charge in [-0.15, -0.1) is 0 Å². The van der Waals surface area contributed by atoms with Gasteiger partial charge in [0.25, 0.3) is 0 Å². The van der Waals surface area contributed by atoms with Crippen LogP contribution in [0.3, 0.4) is 0 Å². The van der Waals surface area contributed by atoms with Crippen molar-refractivity contribution in [2.45, 2.75) is 302 Å². The Kier molecular flexibility index (Phi) is 49.6. The molecule has 0 spiro atoms. The smallest absolute Gasteiger partial charge is 0.305 e. The second-order valence-corrected chi connectivity index (χ2v) is 18.6. The van der Waals surface area contributed by atoms with Crippen molar-refractivity contribution in [3.05, 3.63) is 24.3 Å². The quantitative estimate of drug-likeness (QED) is 0.0322. The van der Waals surface area contributed by atoms with E-state index >= 15 is 0 Å². The largest absolute Gasteiger partial charge is 0.466 e. The maximum absolute atomic E-state index is 12.4. The lowest BCUT2D eigenvalue weighted by Gasteiger charge is -2.20. The van der Waals surface area contributed by atoms with Crippen LogP contribution < -0.4 is 5.32 Å². The van der Waals surface area contributed by atoms with Crippen molar-refractivity contribution >= 4 is 11.9 Å². The van der Waals surface area contributed by atoms with Crippen molar-refractivity contribution in [3.63, 3.8) is 0 Å². The third kappa shape index (κ3) is 47.7. The Morgan fingerprint density at radius 3 is 1.16 bits per heavy atom. The molecule has 0 aromatic rings. The summed E-state index contributed by atoms with van der Waals surface area (Å²) >= 11 is 0. The Labute approximate surface area is 380 Å². The molecule has 0 aromatic carbocycles. The van der Waals surface area contributed by atoms with Crippen LogP contribution in [0, 0.1) is 0 Å². The fourth-order valence-corrected chi connectivity index (χ4v) is 8.27. The van der Waals surface area contributed by atoms with Crippen LogP contribution in [0.15, 0.2) is 24.3 Å². The molecule has 6 heteroatoms. The van der Waals surface area contributed by atoms with E-state index in [2.05, 4.69) is 31.3 Å². The molecule has 0 rings (SSSR count). The monoisotopic (exact) mass is 860 g/mol. The molecule has 0 aliphatic rings. The number of carbonyl (C=O) groups excluding carboxylic acids is 2. The highest BCUT2D eigenvalue weighted by atomic mass is 16.5. The number of hydrogen-bond acceptors (Lipinski definition) is 5. The zero-order valence-electron chi connectivity index (χ0n) is 40.9. The molecule has 0 aromatic heterocycles. The van der Waals surface area contributed by atoms with E-state index in [1.54, 1.807) is 6.08 Å². The van der Waals surface area contributed by atoms with Gasteiger partial charge >= 0.3 is 5.97 Å². The van der Waals surface area contributed by atoms with Gasteiger partial charge in [0.2, 0.25) is 5.91 Å². The number of amides is 1. The van der Waals surface area contributed by atoms with Crippen LogP contribution in [0.1, 0.15) is 290 Å². The second-order valence-electron chi connectivity index (χ2n) is 18.6. The summed E-state index contributed by atoms with van der Waals surface area (Å²) in [5, 5.41) is 23.1. The summed E-state index contributed by atoms with van der Waals surface area (Å²) in [5.41, 5.74) is 0. The minimum absolute atomic E-state index is 0.0226. The van der Waals surface area contributed by atoms with E-state index in [1.807, 2.05) is 6.08 Å². The zero-order chi connectivity index (χ0) is 44.4. The molecule has 0 saturated carbocycles. The standard InChI is InChI=1S/C55H105NO5/c1-3-5-7-9-11-13-15-17-19-21-22-24-27-31-35-39-43-47-53(58)52(51-57)56-54(59)48-44-40-36-32-28-26-30-34-38-42-46-50-61-55(60)49-45-41-37-33-29-25-23-20-18-16-14-12-10-8-6-4-2/h20,23,43,47,52-53,57-58H,3-19,21-22,24-42,44-46,48-51H2,1-2H3,(H,56,59)/b23-20-,47-43+. The maximum Gasteiger partial charge on any atom is 0.305 e. The predicted molar refractivity (Wildman–Crippen MR) is 264 cm³/mol. The Morgan fingerprint density at radius 2 is 0.770 bits per heavy atom. The van der Waals surface area contributed by atoms with E-state index in [0.29, 0.717) is 19.4 Å². The van der Waals surface area contributed by atoms with Gasteiger partial charge < -0.3 is 20.3 Å². The third-order valence-corrected chi connectivity index (χ3v) is 12.5. The van der Waals surface area contributed by atoms with Crippen LogP contribution >= 0.6 is 0 Å². The molecule has 0 fully saturated rings. The fraction of sp³-hybridized carbons (Fsp3) is 0.891. The second kappa shape index (κ2) is 51.0. The van der Waals surface area contributed by atoms with E-state index in [4.69, 9.17) is 4.74 Å². The Morgan fingerprint density at radius 1 is 0.443 bits per heavy atom. The maximum atomic E-state index is 12.4. The van der Waals surface area contributed by atoms with Gasteiger partial charge in [-0.05, 0) is 57.8 Å². The van der Waals surface area contributed by atoms with Crippen LogP contribution in [0.5, 0.6) is 0 Å². The highest BCUT2D eigenvalue weighted by molar-refractivity contribution is 5.76. The van der Waals surface area contributed by atoms with Crippen molar-refractivity contribution < 1.29 is 24.5 Å². The minimum atomic E-state index is -0.857. The van der Waals surface area contributed by atoms with Gasteiger partial charge in [0.15, 0.2) is 0 Å². The third-order valence-electron chi connectivity index (χ3n) is 12.5. The van der Waals surface area contributed by atoms with Crippen LogP contribution in [0.2, 0.25) is 0 Å². The highest BCUT2D eigenvalue weighted by Crippen LogP contribution is 2.16. The number of allylic oxidation sites excluding steroid dienone is 3. The van der Waals surface area contributed by atoms with Crippen LogP contribution in [0.4, 0.5) is 0 Å². The summed E-state index contributed by atoms with van der Waals surface area (Å²) in [4.78, 5) is 24.5. The van der Waals surface area contributed by atoms with Gasteiger partial charge in [0.1, 0.15) is 0 Å². The molecule has 0 saturated heterocycles. The number of unbranched alkanes of at least 4 members (excludes halogenated alkanes) is 37. The van der Waals surface area contributed by atoms with E-state index in [1.165, 1.54) is 205 Å². The van der Waals surface area contributed by atoms with E-state index in [0.717, 1.165) is 57.8 Å². The molecule has 61 heavy (non-hydrogen) atoms.